The summed E-state index contributed by atoms with van der Waals surface area (Å²) in [6.45, 7) is 4.88. The third-order valence-electron chi connectivity index (χ3n) is 3.89. The van der Waals surface area contributed by atoms with Crippen LogP contribution in [0.25, 0.3) is 0 Å². The highest BCUT2D eigenvalue weighted by Crippen LogP contribution is 2.23. The third kappa shape index (κ3) is 7.83. The zero-order valence-electron chi connectivity index (χ0n) is 18.2. The first-order chi connectivity index (χ1) is 14.9. The van der Waals surface area contributed by atoms with Crippen molar-refractivity contribution in [2.24, 2.45) is 0 Å². The van der Waals surface area contributed by atoms with Crippen molar-refractivity contribution in [1.29, 1.82) is 0 Å². The lowest BCUT2D eigenvalue weighted by Gasteiger charge is -2.19. The van der Waals surface area contributed by atoms with Crippen LogP contribution in [0.5, 0.6) is 5.75 Å². The highest BCUT2D eigenvalue weighted by molar-refractivity contribution is 7.91. The van der Waals surface area contributed by atoms with Crippen LogP contribution in [-0.4, -0.2) is 46.1 Å². The van der Waals surface area contributed by atoms with Crippen molar-refractivity contribution in [3.8, 4) is 17.6 Å². The number of ether oxygens (including phenoxy) is 3. The Labute approximate surface area is 192 Å². The molecule has 2 aromatic carbocycles. The van der Waals surface area contributed by atoms with Gasteiger partial charge >= 0.3 is 5.97 Å². The summed E-state index contributed by atoms with van der Waals surface area (Å²) in [5.74, 6) is 4.12. The van der Waals surface area contributed by atoms with E-state index in [1.54, 1.807) is 26.8 Å². The van der Waals surface area contributed by atoms with Gasteiger partial charge in [0.2, 0.25) is 0 Å². The van der Waals surface area contributed by atoms with E-state index in [-0.39, 0.29) is 35.2 Å². The number of hydrogen-bond acceptors (Lipinski definition) is 6. The Kier molecular flexibility index (Phi) is 8.67. The zero-order valence-corrected chi connectivity index (χ0v) is 19.8. The SMILES string of the molecule is COCCS(=O)(=O)c1ccc(F)c(C#Cc2cc(Cl)ccc2OCC(=O)OC(C)(C)C)c1. The number of carbonyl (C=O) groups is 1. The van der Waals surface area contributed by atoms with Gasteiger partial charge in [-0.05, 0) is 57.2 Å². The van der Waals surface area contributed by atoms with Crippen molar-refractivity contribution >= 4 is 27.4 Å². The second-order valence-corrected chi connectivity index (χ2v) is 10.3. The Bertz CT molecular complexity index is 1140. The van der Waals surface area contributed by atoms with E-state index in [0.717, 1.165) is 6.07 Å². The van der Waals surface area contributed by atoms with E-state index in [1.165, 1.54) is 31.4 Å². The van der Waals surface area contributed by atoms with E-state index < -0.39 is 27.2 Å². The molecule has 0 saturated heterocycles. The van der Waals surface area contributed by atoms with Gasteiger partial charge in [0.05, 0.1) is 28.4 Å². The molecule has 0 bridgehead atoms. The summed E-state index contributed by atoms with van der Waals surface area (Å²) >= 11 is 6.03. The summed E-state index contributed by atoms with van der Waals surface area (Å²) in [7, 11) is -2.26. The minimum atomic E-state index is -3.65. The average molecular weight is 483 g/mol. The first-order valence-corrected chi connectivity index (χ1v) is 11.6. The topological polar surface area (TPSA) is 78.9 Å². The van der Waals surface area contributed by atoms with Crippen LogP contribution in [0.4, 0.5) is 4.39 Å². The minimum Gasteiger partial charge on any atom is -0.481 e. The number of carbonyl (C=O) groups excluding carboxylic acids is 1. The van der Waals surface area contributed by atoms with Crippen LogP contribution in [-0.2, 0) is 24.1 Å². The summed E-state index contributed by atoms with van der Waals surface area (Å²) < 4.78 is 54.5. The standard InChI is InChI=1S/C23H24ClFO6S/c1-23(2,3)31-22(26)15-30-21-10-7-18(24)13-17(21)6-5-16-14-19(8-9-20(16)25)32(27,28)12-11-29-4/h7-10,13-14H,11-12,15H2,1-4H3. The number of sulfone groups is 1. The maximum atomic E-state index is 14.3. The second-order valence-electron chi connectivity index (χ2n) is 7.72. The number of esters is 1. The van der Waals surface area contributed by atoms with Crippen molar-refractivity contribution < 1.29 is 31.8 Å². The Morgan fingerprint density at radius 2 is 1.78 bits per heavy atom. The molecule has 172 valence electrons. The van der Waals surface area contributed by atoms with E-state index in [4.69, 9.17) is 25.8 Å². The lowest BCUT2D eigenvalue weighted by atomic mass is 10.1. The fraction of sp³-hybridized carbons (Fsp3) is 0.348. The Morgan fingerprint density at radius 3 is 2.44 bits per heavy atom. The van der Waals surface area contributed by atoms with Crippen molar-refractivity contribution in [3.63, 3.8) is 0 Å². The first-order valence-electron chi connectivity index (χ1n) is 9.59. The van der Waals surface area contributed by atoms with Gasteiger partial charge in [0.25, 0.3) is 0 Å². The molecule has 32 heavy (non-hydrogen) atoms. The first kappa shape index (κ1) is 25.7. The minimum absolute atomic E-state index is 0.0155. The van der Waals surface area contributed by atoms with Gasteiger partial charge in [-0.3, -0.25) is 0 Å². The van der Waals surface area contributed by atoms with Gasteiger partial charge in [0.15, 0.2) is 16.4 Å². The molecule has 0 aliphatic rings. The van der Waals surface area contributed by atoms with E-state index in [9.17, 15) is 17.6 Å². The lowest BCUT2D eigenvalue weighted by molar-refractivity contribution is -0.157. The van der Waals surface area contributed by atoms with E-state index in [0.29, 0.717) is 10.6 Å². The van der Waals surface area contributed by atoms with Crippen molar-refractivity contribution in [2.45, 2.75) is 31.3 Å². The molecule has 0 saturated carbocycles. The number of halogens is 2. The van der Waals surface area contributed by atoms with Crippen LogP contribution >= 0.6 is 11.6 Å². The predicted molar refractivity (Wildman–Crippen MR) is 119 cm³/mol. The van der Waals surface area contributed by atoms with Crippen molar-refractivity contribution in [2.75, 3.05) is 26.1 Å². The summed E-state index contributed by atoms with van der Waals surface area (Å²) in [6, 6.07) is 7.97. The van der Waals surface area contributed by atoms with Gasteiger partial charge in [-0.2, -0.15) is 0 Å². The number of hydrogen-bond donors (Lipinski definition) is 0. The van der Waals surface area contributed by atoms with Crippen LogP contribution in [0.3, 0.4) is 0 Å². The Hall–Kier alpha value is -2.60. The molecule has 0 atom stereocenters. The van der Waals surface area contributed by atoms with Crippen LogP contribution in [0.2, 0.25) is 5.02 Å². The van der Waals surface area contributed by atoms with E-state index >= 15 is 0 Å². The highest BCUT2D eigenvalue weighted by atomic mass is 35.5. The summed E-state index contributed by atoms with van der Waals surface area (Å²) in [4.78, 5) is 11.9. The van der Waals surface area contributed by atoms with Gasteiger partial charge in [-0.1, -0.05) is 23.4 Å². The molecular formula is C23H24ClFO6S. The number of rotatable bonds is 7. The van der Waals surface area contributed by atoms with Gasteiger partial charge in [-0.25, -0.2) is 17.6 Å². The maximum absolute atomic E-state index is 14.3. The molecular weight excluding hydrogens is 459 g/mol. The van der Waals surface area contributed by atoms with Crippen LogP contribution in [0.1, 0.15) is 31.9 Å². The number of methoxy groups -OCH3 is 1. The fourth-order valence-electron chi connectivity index (χ4n) is 2.47. The largest absolute Gasteiger partial charge is 0.481 e. The van der Waals surface area contributed by atoms with Crippen LogP contribution in [0, 0.1) is 17.7 Å². The van der Waals surface area contributed by atoms with E-state index in [1.807, 2.05) is 0 Å². The number of benzene rings is 2. The molecule has 0 amide bonds. The lowest BCUT2D eigenvalue weighted by Crippen LogP contribution is -2.27. The van der Waals surface area contributed by atoms with Crippen molar-refractivity contribution in [3.05, 3.63) is 58.4 Å². The fourth-order valence-corrected chi connectivity index (χ4v) is 3.84. The molecule has 0 heterocycles. The highest BCUT2D eigenvalue weighted by Gasteiger charge is 2.18. The molecule has 0 N–H and O–H groups in total. The molecule has 0 aromatic heterocycles. The smallest absolute Gasteiger partial charge is 0.344 e. The van der Waals surface area contributed by atoms with E-state index in [2.05, 4.69) is 11.8 Å². The van der Waals surface area contributed by atoms with Gasteiger partial charge < -0.3 is 14.2 Å². The molecule has 0 spiro atoms. The average Bonchev–Trinajstić information content (AvgIpc) is 2.69. The summed E-state index contributed by atoms with van der Waals surface area (Å²) in [5.41, 5.74) is -0.468. The molecule has 9 heteroatoms. The molecule has 0 aliphatic carbocycles. The summed E-state index contributed by atoms with van der Waals surface area (Å²) in [6.07, 6.45) is 0. The van der Waals surface area contributed by atoms with Crippen molar-refractivity contribution in [1.82, 2.24) is 0 Å². The zero-order chi connectivity index (χ0) is 23.9. The molecule has 0 unspecified atom stereocenters. The second kappa shape index (κ2) is 10.8. The van der Waals surface area contributed by atoms with Crippen LogP contribution in [0.15, 0.2) is 41.3 Å². The quantitative estimate of drug-likeness (QED) is 0.337. The molecule has 0 aliphatic heterocycles. The van der Waals surface area contributed by atoms with Gasteiger partial charge in [0.1, 0.15) is 17.2 Å². The third-order valence-corrected chi connectivity index (χ3v) is 5.80. The summed E-state index contributed by atoms with van der Waals surface area (Å²) in [5, 5.41) is 0.357. The van der Waals surface area contributed by atoms with Gasteiger partial charge in [0, 0.05) is 12.1 Å². The normalized spacial score (nSPS) is 11.4. The molecule has 6 nitrogen and oxygen atoms in total. The molecule has 2 rings (SSSR count). The van der Waals surface area contributed by atoms with Gasteiger partial charge in [-0.15, -0.1) is 0 Å². The molecule has 2 aromatic rings. The predicted octanol–water partition coefficient (Wildman–Crippen LogP) is 4.02. The maximum Gasteiger partial charge on any atom is 0.344 e. The van der Waals surface area contributed by atoms with Crippen LogP contribution < -0.4 is 4.74 Å². The molecule has 0 fully saturated rings. The monoisotopic (exact) mass is 482 g/mol. The Balaban J connectivity index is 2.31. The Morgan fingerprint density at radius 1 is 1.09 bits per heavy atom. The molecule has 0 radical (unpaired) electrons.